The number of carbonyl (C=O) groups is 1. The summed E-state index contributed by atoms with van der Waals surface area (Å²) >= 11 is -2.06. The van der Waals surface area contributed by atoms with E-state index < -0.39 is 21.2 Å². The van der Waals surface area contributed by atoms with Crippen molar-refractivity contribution in [2.24, 2.45) is 5.92 Å². The molecule has 0 aliphatic carbocycles. The van der Waals surface area contributed by atoms with Crippen molar-refractivity contribution in [2.75, 3.05) is 24.7 Å². The van der Waals surface area contributed by atoms with E-state index in [9.17, 15) is 22.0 Å². The van der Waals surface area contributed by atoms with Crippen molar-refractivity contribution in [3.8, 4) is 11.1 Å². The largest absolute Gasteiger partial charge is 0.772 e. The van der Waals surface area contributed by atoms with Gasteiger partial charge in [-0.05, 0) is 79.1 Å². The number of hydrogen-bond acceptors (Lipinski definition) is 7. The fourth-order valence-electron chi connectivity index (χ4n) is 4.29. The van der Waals surface area contributed by atoms with Crippen LogP contribution in [0, 0.1) is 19.8 Å². The third-order valence-corrected chi connectivity index (χ3v) is 7.61. The summed E-state index contributed by atoms with van der Waals surface area (Å²) in [4.78, 5) is 12.7. The zero-order chi connectivity index (χ0) is 24.2. The summed E-state index contributed by atoms with van der Waals surface area (Å²) in [5.41, 5.74) is 5.09. The maximum absolute atomic E-state index is 12.7. The van der Waals surface area contributed by atoms with Crippen LogP contribution in [0.1, 0.15) is 29.5 Å². The molecule has 180 valence electrons. The van der Waals surface area contributed by atoms with Crippen LogP contribution in [0.15, 0.2) is 36.4 Å². The Labute approximate surface area is 197 Å². The molecule has 2 aromatic carbocycles. The van der Waals surface area contributed by atoms with Gasteiger partial charge in [0.25, 0.3) is 10.1 Å². The Hall–Kier alpha value is -2.11. The number of benzene rings is 2. The fraction of sp³-hybridized carbons (Fsp3) is 0.435. The monoisotopic (exact) mass is 493 g/mol. The number of hydrogen-bond donors (Lipinski definition) is 2. The van der Waals surface area contributed by atoms with Crippen LogP contribution in [0.5, 0.6) is 0 Å². The number of carbonyl (C=O) groups excluding carboxylic acids is 1. The molecule has 0 bridgehead atoms. The first-order valence-corrected chi connectivity index (χ1v) is 13.5. The van der Waals surface area contributed by atoms with Crippen molar-refractivity contribution in [3.05, 3.63) is 53.1 Å². The van der Waals surface area contributed by atoms with Gasteiger partial charge in [-0.25, -0.2) is 0 Å². The van der Waals surface area contributed by atoms with Crippen LogP contribution >= 0.6 is 0 Å². The summed E-state index contributed by atoms with van der Waals surface area (Å²) in [6, 6.07) is 10.8. The maximum atomic E-state index is 12.7. The highest BCUT2D eigenvalue weighted by Gasteiger charge is 2.29. The number of amides is 1. The van der Waals surface area contributed by atoms with Crippen molar-refractivity contribution in [1.29, 1.82) is 0 Å². The van der Waals surface area contributed by atoms with Crippen LogP contribution in [0.3, 0.4) is 0 Å². The lowest BCUT2D eigenvalue weighted by Gasteiger charge is -2.16. The smallest absolute Gasteiger partial charge is 0.271 e. The van der Waals surface area contributed by atoms with Crippen LogP contribution < -0.4 is 10.6 Å². The van der Waals surface area contributed by atoms with Gasteiger partial charge in [0.15, 0.2) is 0 Å². The predicted octanol–water partition coefficient (Wildman–Crippen LogP) is 2.63. The summed E-state index contributed by atoms with van der Waals surface area (Å²) in [6.45, 7) is 4.52. The first-order valence-electron chi connectivity index (χ1n) is 10.7. The van der Waals surface area contributed by atoms with E-state index in [4.69, 9.17) is 0 Å². The lowest BCUT2D eigenvalue weighted by molar-refractivity contribution is -0.117. The molecule has 3 atom stereocenters. The molecule has 0 aromatic heterocycles. The van der Waals surface area contributed by atoms with Crippen molar-refractivity contribution in [2.45, 2.75) is 38.5 Å². The van der Waals surface area contributed by atoms with Crippen molar-refractivity contribution >= 4 is 32.8 Å². The molecule has 1 amide bonds. The van der Waals surface area contributed by atoms with Gasteiger partial charge in [-0.3, -0.25) is 13.2 Å². The highest BCUT2D eigenvalue weighted by Crippen LogP contribution is 2.31. The molecule has 10 heteroatoms. The van der Waals surface area contributed by atoms with E-state index in [1.165, 1.54) is 0 Å². The molecular weight excluding hydrogens is 464 g/mol. The van der Waals surface area contributed by atoms with Crippen LogP contribution in [0.4, 0.5) is 5.69 Å². The molecule has 2 N–H and O–H groups in total. The van der Waals surface area contributed by atoms with E-state index in [-0.39, 0.29) is 29.4 Å². The summed E-state index contributed by atoms with van der Waals surface area (Å²) in [6.07, 6.45) is 1.15. The Balaban J connectivity index is 1.72. The van der Waals surface area contributed by atoms with Gasteiger partial charge in [0, 0.05) is 11.4 Å². The molecule has 1 heterocycles. The van der Waals surface area contributed by atoms with Gasteiger partial charge in [0.05, 0.1) is 13.2 Å². The Kier molecular flexibility index (Phi) is 8.41. The molecule has 3 rings (SSSR count). The summed E-state index contributed by atoms with van der Waals surface area (Å²) in [5.74, 6) is -0.0687. The molecule has 33 heavy (non-hydrogen) atoms. The summed E-state index contributed by atoms with van der Waals surface area (Å²) in [5, 5.41) is 6.13. The fourth-order valence-corrected chi connectivity index (χ4v) is 5.52. The van der Waals surface area contributed by atoms with Crippen molar-refractivity contribution in [3.63, 3.8) is 0 Å². The van der Waals surface area contributed by atoms with Gasteiger partial charge in [0.1, 0.15) is 5.75 Å². The molecule has 0 spiro atoms. The highest BCUT2D eigenvalue weighted by atomic mass is 32.2. The predicted molar refractivity (Wildman–Crippen MR) is 128 cm³/mol. The molecule has 8 nitrogen and oxygen atoms in total. The average Bonchev–Trinajstić information content (AvgIpc) is 3.21. The molecule has 0 radical (unpaired) electrons. The van der Waals surface area contributed by atoms with E-state index in [0.717, 1.165) is 29.4 Å². The maximum Gasteiger partial charge on any atom is 0.271 e. The molecular formula is C23H29N2O6S2-. The SMILES string of the molecule is COS(=O)(=O)Cc1cccc(-c2c(C)cc(NC(=O)[C@H]3C[C@H](CCS(=O)[O-])CN3)cc2C)c1. The van der Waals surface area contributed by atoms with Crippen LogP contribution in [0.2, 0.25) is 0 Å². The van der Waals surface area contributed by atoms with Gasteiger partial charge in [-0.1, -0.05) is 35.3 Å². The highest BCUT2D eigenvalue weighted by molar-refractivity contribution is 7.85. The quantitative estimate of drug-likeness (QED) is 0.406. The zero-order valence-corrected chi connectivity index (χ0v) is 20.6. The Morgan fingerprint density at radius 1 is 1.24 bits per heavy atom. The van der Waals surface area contributed by atoms with Gasteiger partial charge in [0.2, 0.25) is 5.91 Å². The molecule has 2 aromatic rings. The van der Waals surface area contributed by atoms with Crippen LogP contribution in [-0.2, 0) is 35.9 Å². The molecule has 1 unspecified atom stereocenters. The Morgan fingerprint density at radius 3 is 2.58 bits per heavy atom. The normalized spacial score (nSPS) is 19.4. The van der Waals surface area contributed by atoms with E-state index in [1.54, 1.807) is 6.07 Å². The van der Waals surface area contributed by atoms with Crippen molar-refractivity contribution < 1.29 is 26.2 Å². The van der Waals surface area contributed by atoms with Gasteiger partial charge in [-0.15, -0.1) is 0 Å². The molecule has 1 aliphatic rings. The van der Waals surface area contributed by atoms with E-state index in [2.05, 4.69) is 14.8 Å². The van der Waals surface area contributed by atoms with E-state index in [1.807, 2.05) is 44.2 Å². The lowest BCUT2D eigenvalue weighted by Crippen LogP contribution is -2.35. The third kappa shape index (κ3) is 6.94. The topological polar surface area (TPSA) is 125 Å². The molecule has 1 fully saturated rings. The second-order valence-electron chi connectivity index (χ2n) is 8.40. The number of anilines is 1. The van der Waals surface area contributed by atoms with Gasteiger partial charge in [-0.2, -0.15) is 8.42 Å². The average molecular weight is 494 g/mol. The van der Waals surface area contributed by atoms with Crippen LogP contribution in [0.25, 0.3) is 11.1 Å². The minimum atomic E-state index is -3.62. The number of aryl methyl sites for hydroxylation is 2. The summed E-state index contributed by atoms with van der Waals surface area (Å²) in [7, 11) is -2.47. The first kappa shape index (κ1) is 25.5. The van der Waals surface area contributed by atoms with E-state index in [0.29, 0.717) is 30.6 Å². The minimum absolute atomic E-state index is 0.110. The third-order valence-electron chi connectivity index (χ3n) is 5.84. The first-order chi connectivity index (χ1) is 15.6. The summed E-state index contributed by atoms with van der Waals surface area (Å²) < 4.78 is 49.7. The van der Waals surface area contributed by atoms with Crippen molar-refractivity contribution in [1.82, 2.24) is 5.32 Å². The number of rotatable bonds is 9. The Morgan fingerprint density at radius 2 is 1.94 bits per heavy atom. The molecule has 1 saturated heterocycles. The second-order valence-corrected chi connectivity index (χ2v) is 11.2. The second kappa shape index (κ2) is 10.9. The lowest BCUT2D eigenvalue weighted by atomic mass is 9.94. The number of nitrogens with one attached hydrogen (secondary N) is 2. The van der Waals surface area contributed by atoms with Gasteiger partial charge < -0.3 is 15.2 Å². The molecule has 0 saturated carbocycles. The van der Waals surface area contributed by atoms with E-state index >= 15 is 0 Å². The zero-order valence-electron chi connectivity index (χ0n) is 18.9. The Bertz CT molecular complexity index is 1130. The minimum Gasteiger partial charge on any atom is -0.772 e. The molecule has 1 aliphatic heterocycles. The standard InChI is InChI=1S/C23H30N2O6S2/c1-15-9-20(25-23(26)21-12-17(13-24-21)7-8-32(27)28)10-16(2)22(15)19-6-4-5-18(11-19)14-33(29,30)31-3/h4-6,9-11,17,21,24H,7-8,12-14H2,1-3H3,(H,25,26)(H,27,28)/p-1/t17-,21+/m0/s1. The van der Waals surface area contributed by atoms with Gasteiger partial charge >= 0.3 is 0 Å². The van der Waals surface area contributed by atoms with Crippen LogP contribution in [-0.4, -0.2) is 48.5 Å².